The third kappa shape index (κ3) is 3.91. The Balaban J connectivity index is 1.67. The van der Waals surface area contributed by atoms with Gasteiger partial charge in [-0.15, -0.1) is 0 Å². The highest BCUT2D eigenvalue weighted by Gasteiger charge is 2.27. The van der Waals surface area contributed by atoms with Crippen molar-refractivity contribution < 1.29 is 10.2 Å². The second-order valence-corrected chi connectivity index (χ2v) is 7.96. The van der Waals surface area contributed by atoms with E-state index in [1.54, 1.807) is 18.5 Å². The van der Waals surface area contributed by atoms with E-state index in [0.29, 0.717) is 22.6 Å². The molecule has 0 saturated heterocycles. The fourth-order valence-electron chi connectivity index (χ4n) is 3.99. The van der Waals surface area contributed by atoms with Gasteiger partial charge in [0, 0.05) is 30.2 Å². The van der Waals surface area contributed by atoms with Crippen molar-refractivity contribution >= 4 is 22.6 Å². The van der Waals surface area contributed by atoms with Gasteiger partial charge < -0.3 is 14.8 Å². The molecule has 0 aromatic carbocycles. The molecule has 3 aromatic heterocycles. The molecule has 1 saturated carbocycles. The van der Waals surface area contributed by atoms with Crippen LogP contribution in [0.4, 0.5) is 0 Å². The highest BCUT2D eigenvalue weighted by atomic mass is 35.5. The number of aromatic nitrogens is 3. The quantitative estimate of drug-likeness (QED) is 0.572. The van der Waals surface area contributed by atoms with E-state index in [1.165, 1.54) is 0 Å². The van der Waals surface area contributed by atoms with Gasteiger partial charge in [0.1, 0.15) is 6.23 Å². The largest absolute Gasteiger partial charge is 0.392 e. The summed E-state index contributed by atoms with van der Waals surface area (Å²) < 4.78 is 1.98. The monoisotopic (exact) mass is 400 g/mol. The lowest BCUT2D eigenvalue weighted by molar-refractivity contribution is 0.0433. The van der Waals surface area contributed by atoms with Crippen molar-refractivity contribution in [3.8, 4) is 0 Å². The van der Waals surface area contributed by atoms with Crippen LogP contribution >= 0.6 is 11.6 Å². The SMILES string of the molecule is Cc1ccnc(Cn2cc(C(O)N[C@H]3CCCC[C@@H]3O)c3nccc(Cl)c32)c1. The van der Waals surface area contributed by atoms with Crippen molar-refractivity contribution in [2.45, 2.75) is 57.5 Å². The Morgan fingerprint density at radius 2 is 2.04 bits per heavy atom. The van der Waals surface area contributed by atoms with Gasteiger partial charge >= 0.3 is 0 Å². The molecular formula is C21H25ClN4O2. The number of aliphatic hydroxyl groups is 2. The van der Waals surface area contributed by atoms with E-state index in [2.05, 4.69) is 15.3 Å². The maximum Gasteiger partial charge on any atom is 0.134 e. The molecule has 1 unspecified atom stereocenters. The zero-order valence-electron chi connectivity index (χ0n) is 15.8. The Morgan fingerprint density at radius 3 is 2.82 bits per heavy atom. The molecule has 7 heteroatoms. The molecule has 3 heterocycles. The van der Waals surface area contributed by atoms with Crippen LogP contribution in [0.3, 0.4) is 0 Å². The molecule has 148 valence electrons. The first-order valence-corrected chi connectivity index (χ1v) is 10.1. The van der Waals surface area contributed by atoms with E-state index in [0.717, 1.165) is 42.5 Å². The minimum atomic E-state index is -0.932. The van der Waals surface area contributed by atoms with Crippen LogP contribution in [0.1, 0.15) is 48.7 Å². The first kappa shape index (κ1) is 19.3. The number of hydrogen-bond donors (Lipinski definition) is 3. The normalized spacial score (nSPS) is 21.1. The zero-order chi connectivity index (χ0) is 19.7. The minimum Gasteiger partial charge on any atom is -0.392 e. The summed E-state index contributed by atoms with van der Waals surface area (Å²) in [5, 5.41) is 24.8. The zero-order valence-corrected chi connectivity index (χ0v) is 16.6. The Kier molecular flexibility index (Phi) is 5.64. The molecule has 0 spiro atoms. The van der Waals surface area contributed by atoms with E-state index >= 15 is 0 Å². The van der Waals surface area contributed by atoms with Crippen molar-refractivity contribution in [1.82, 2.24) is 19.9 Å². The Bertz CT molecular complexity index is 974. The van der Waals surface area contributed by atoms with Gasteiger partial charge in [-0.25, -0.2) is 0 Å². The van der Waals surface area contributed by atoms with E-state index in [9.17, 15) is 10.2 Å². The molecule has 0 aliphatic heterocycles. The number of pyridine rings is 2. The van der Waals surface area contributed by atoms with Crippen molar-refractivity contribution in [3.63, 3.8) is 0 Å². The topological polar surface area (TPSA) is 83.2 Å². The third-order valence-electron chi connectivity index (χ3n) is 5.43. The van der Waals surface area contributed by atoms with Crippen LogP contribution in [0.25, 0.3) is 11.0 Å². The smallest absolute Gasteiger partial charge is 0.134 e. The van der Waals surface area contributed by atoms with Gasteiger partial charge in [0.05, 0.1) is 34.4 Å². The van der Waals surface area contributed by atoms with Crippen LogP contribution in [-0.4, -0.2) is 36.9 Å². The molecule has 4 rings (SSSR count). The Hall–Kier alpha value is -1.99. The van der Waals surface area contributed by atoms with E-state index in [-0.39, 0.29) is 6.04 Å². The lowest BCUT2D eigenvalue weighted by atomic mass is 9.92. The molecule has 6 nitrogen and oxygen atoms in total. The lowest BCUT2D eigenvalue weighted by Crippen LogP contribution is -2.43. The number of aliphatic hydroxyl groups excluding tert-OH is 2. The van der Waals surface area contributed by atoms with Crippen LogP contribution < -0.4 is 5.32 Å². The molecule has 0 radical (unpaired) electrons. The summed E-state index contributed by atoms with van der Waals surface area (Å²) in [6, 6.07) is 5.61. The minimum absolute atomic E-state index is 0.125. The summed E-state index contributed by atoms with van der Waals surface area (Å²) in [7, 11) is 0. The van der Waals surface area contributed by atoms with Crippen molar-refractivity contribution in [2.24, 2.45) is 0 Å². The average Bonchev–Trinajstić information content (AvgIpc) is 3.03. The molecule has 0 amide bonds. The molecule has 28 heavy (non-hydrogen) atoms. The molecule has 0 bridgehead atoms. The van der Waals surface area contributed by atoms with Gasteiger partial charge in [0.2, 0.25) is 0 Å². The fourth-order valence-corrected chi connectivity index (χ4v) is 4.25. The first-order chi connectivity index (χ1) is 13.5. The van der Waals surface area contributed by atoms with Crippen LogP contribution in [-0.2, 0) is 6.54 Å². The number of nitrogens with one attached hydrogen (secondary N) is 1. The molecule has 1 aliphatic carbocycles. The molecule has 1 aliphatic rings. The number of halogens is 1. The molecule has 3 N–H and O–H groups in total. The van der Waals surface area contributed by atoms with Crippen LogP contribution in [0.15, 0.2) is 36.8 Å². The van der Waals surface area contributed by atoms with Crippen molar-refractivity contribution in [1.29, 1.82) is 0 Å². The number of fused-ring (bicyclic) bond motifs is 1. The van der Waals surface area contributed by atoms with Crippen LogP contribution in [0.5, 0.6) is 0 Å². The van der Waals surface area contributed by atoms with Crippen LogP contribution in [0, 0.1) is 6.92 Å². The summed E-state index contributed by atoms with van der Waals surface area (Å²) >= 11 is 6.47. The van der Waals surface area contributed by atoms with E-state index in [1.807, 2.05) is 29.8 Å². The average molecular weight is 401 g/mol. The molecular weight excluding hydrogens is 376 g/mol. The van der Waals surface area contributed by atoms with Crippen molar-refractivity contribution in [2.75, 3.05) is 0 Å². The van der Waals surface area contributed by atoms with Gasteiger partial charge in [0.25, 0.3) is 0 Å². The summed E-state index contributed by atoms with van der Waals surface area (Å²) in [5.74, 6) is 0. The van der Waals surface area contributed by atoms with Gasteiger partial charge in [-0.05, 0) is 43.5 Å². The predicted molar refractivity (Wildman–Crippen MR) is 109 cm³/mol. The summed E-state index contributed by atoms with van der Waals surface area (Å²) in [5.41, 5.74) is 4.13. The number of rotatable bonds is 5. The summed E-state index contributed by atoms with van der Waals surface area (Å²) in [4.78, 5) is 8.90. The number of nitrogens with zero attached hydrogens (tertiary/aromatic N) is 3. The molecule has 1 fully saturated rings. The standard InChI is InChI=1S/C21H25ClN4O2/c1-13-6-8-23-14(10-13)11-26-12-15(19-20(26)16(22)7-9-24-19)21(28)25-17-4-2-3-5-18(17)27/h6-10,12,17-18,21,25,27-28H,2-5,11H2,1H3/t17-,18-,21?/m0/s1. The first-order valence-electron chi connectivity index (χ1n) is 9.70. The number of aryl methyl sites for hydroxylation is 1. The van der Waals surface area contributed by atoms with E-state index < -0.39 is 12.3 Å². The van der Waals surface area contributed by atoms with Gasteiger partial charge in [-0.1, -0.05) is 24.4 Å². The Morgan fingerprint density at radius 1 is 1.25 bits per heavy atom. The summed E-state index contributed by atoms with van der Waals surface area (Å²) in [6.07, 6.45) is 7.61. The highest BCUT2D eigenvalue weighted by molar-refractivity contribution is 6.35. The molecule has 3 atom stereocenters. The highest BCUT2D eigenvalue weighted by Crippen LogP contribution is 2.31. The summed E-state index contributed by atoms with van der Waals surface area (Å²) in [6.45, 7) is 2.56. The van der Waals surface area contributed by atoms with Gasteiger partial charge in [0.15, 0.2) is 0 Å². The second kappa shape index (κ2) is 8.17. The van der Waals surface area contributed by atoms with Crippen molar-refractivity contribution in [3.05, 3.63) is 58.6 Å². The second-order valence-electron chi connectivity index (χ2n) is 7.55. The maximum atomic E-state index is 10.9. The van der Waals surface area contributed by atoms with Gasteiger partial charge in [-0.2, -0.15) is 0 Å². The van der Waals surface area contributed by atoms with E-state index in [4.69, 9.17) is 11.6 Å². The maximum absolute atomic E-state index is 10.9. The fraction of sp³-hybridized carbons (Fsp3) is 0.429. The predicted octanol–water partition coefficient (Wildman–Crippen LogP) is 3.33. The lowest BCUT2D eigenvalue weighted by Gasteiger charge is -2.30. The van der Waals surface area contributed by atoms with Crippen LogP contribution in [0.2, 0.25) is 5.02 Å². The molecule has 3 aromatic rings. The van der Waals surface area contributed by atoms with Gasteiger partial charge in [-0.3, -0.25) is 15.3 Å². The third-order valence-corrected chi connectivity index (χ3v) is 5.74. The Labute approximate surface area is 169 Å². The number of hydrogen-bond acceptors (Lipinski definition) is 5.